The lowest BCUT2D eigenvalue weighted by molar-refractivity contribution is -0.140. The lowest BCUT2D eigenvalue weighted by Gasteiger charge is -2.24. The molecular formula is C23H18ClNO4. The number of amides is 1. The van der Waals surface area contributed by atoms with Gasteiger partial charge < -0.3 is 14.4 Å². The summed E-state index contributed by atoms with van der Waals surface area (Å²) in [5, 5.41) is 11.5. The van der Waals surface area contributed by atoms with E-state index in [2.05, 4.69) is 0 Å². The molecule has 2 aromatic carbocycles. The van der Waals surface area contributed by atoms with Gasteiger partial charge in [0.15, 0.2) is 0 Å². The second kappa shape index (κ2) is 7.60. The van der Waals surface area contributed by atoms with Gasteiger partial charge in [-0.1, -0.05) is 41.4 Å². The van der Waals surface area contributed by atoms with E-state index in [-0.39, 0.29) is 17.9 Å². The first-order chi connectivity index (χ1) is 14.0. The van der Waals surface area contributed by atoms with Crippen LogP contribution >= 0.6 is 11.6 Å². The number of aliphatic hydroxyl groups is 1. The van der Waals surface area contributed by atoms with Gasteiger partial charge in [0.05, 0.1) is 24.4 Å². The maximum atomic E-state index is 12.9. The summed E-state index contributed by atoms with van der Waals surface area (Å²) in [5.74, 6) is -1.08. The number of carbonyl (C=O) groups excluding carboxylic acids is 2. The molecule has 0 unspecified atom stereocenters. The van der Waals surface area contributed by atoms with E-state index in [9.17, 15) is 14.7 Å². The molecule has 6 heteroatoms. The van der Waals surface area contributed by atoms with Crippen LogP contribution in [0.1, 0.15) is 28.5 Å². The highest BCUT2D eigenvalue weighted by molar-refractivity contribution is 6.46. The number of hydrogen-bond acceptors (Lipinski definition) is 4. The molecule has 2 heterocycles. The molecule has 4 rings (SSSR count). The Balaban J connectivity index is 1.86. The summed E-state index contributed by atoms with van der Waals surface area (Å²) in [5.41, 5.74) is 2.25. The average molecular weight is 408 g/mol. The number of Topliss-reactive ketones (excluding diaryl/α,β-unsaturated/α-hetero) is 1. The van der Waals surface area contributed by atoms with E-state index >= 15 is 0 Å². The molecule has 1 amide bonds. The monoisotopic (exact) mass is 407 g/mol. The smallest absolute Gasteiger partial charge is 0.296 e. The SMILES string of the molecule is Cc1ccc([C@H]2/C(=C(\O)c3ccc(Cl)cc3)C(=O)C(=O)N2Cc2ccco2)cc1. The third kappa shape index (κ3) is 3.57. The highest BCUT2D eigenvalue weighted by Crippen LogP contribution is 2.40. The molecule has 3 aromatic rings. The minimum Gasteiger partial charge on any atom is -0.507 e. The molecule has 1 aromatic heterocycles. The van der Waals surface area contributed by atoms with Gasteiger partial charge in [0.1, 0.15) is 11.5 Å². The van der Waals surface area contributed by atoms with Crippen LogP contribution in [0.4, 0.5) is 0 Å². The molecule has 0 radical (unpaired) electrons. The Morgan fingerprint density at radius 3 is 2.38 bits per heavy atom. The normalized spacial score (nSPS) is 18.4. The average Bonchev–Trinajstić information content (AvgIpc) is 3.31. The molecular weight excluding hydrogens is 390 g/mol. The summed E-state index contributed by atoms with van der Waals surface area (Å²) in [7, 11) is 0. The molecule has 1 N–H and O–H groups in total. The number of hydrogen-bond donors (Lipinski definition) is 1. The standard InChI is InChI=1S/C23H18ClNO4/c1-14-4-6-15(7-5-14)20-19(21(26)16-8-10-17(24)11-9-16)22(27)23(28)25(20)13-18-3-2-12-29-18/h2-12,20,26H,13H2,1H3/b21-19+/t20-/m0/s1. The van der Waals surface area contributed by atoms with Gasteiger partial charge in [-0.05, 0) is 48.9 Å². The van der Waals surface area contributed by atoms with Crippen LogP contribution in [-0.2, 0) is 16.1 Å². The van der Waals surface area contributed by atoms with Crippen molar-refractivity contribution < 1.29 is 19.1 Å². The maximum absolute atomic E-state index is 12.9. The van der Waals surface area contributed by atoms with E-state index in [4.69, 9.17) is 16.0 Å². The van der Waals surface area contributed by atoms with Gasteiger partial charge in [-0.15, -0.1) is 0 Å². The second-order valence-electron chi connectivity index (χ2n) is 6.92. The zero-order valence-electron chi connectivity index (χ0n) is 15.6. The third-order valence-corrected chi connectivity index (χ3v) is 5.21. The van der Waals surface area contributed by atoms with Crippen molar-refractivity contribution in [1.82, 2.24) is 4.90 Å². The number of halogens is 1. The Kier molecular flexibility index (Phi) is 4.99. The van der Waals surface area contributed by atoms with E-state index in [1.807, 2.05) is 31.2 Å². The lowest BCUT2D eigenvalue weighted by atomic mass is 9.94. The Bertz CT molecular complexity index is 1080. The molecule has 1 fully saturated rings. The van der Waals surface area contributed by atoms with E-state index in [1.165, 1.54) is 11.2 Å². The van der Waals surface area contributed by atoms with Gasteiger partial charge in [0, 0.05) is 10.6 Å². The Hall–Kier alpha value is -3.31. The predicted molar refractivity (Wildman–Crippen MR) is 109 cm³/mol. The summed E-state index contributed by atoms with van der Waals surface area (Å²) in [4.78, 5) is 27.2. The number of likely N-dealkylation sites (tertiary alicyclic amines) is 1. The number of rotatable bonds is 4. The number of furan rings is 1. The molecule has 146 valence electrons. The molecule has 0 bridgehead atoms. The minimum atomic E-state index is -0.727. The van der Waals surface area contributed by atoms with Crippen molar-refractivity contribution in [1.29, 1.82) is 0 Å². The van der Waals surface area contributed by atoms with Gasteiger partial charge in [-0.3, -0.25) is 9.59 Å². The highest BCUT2D eigenvalue weighted by atomic mass is 35.5. The van der Waals surface area contributed by atoms with E-state index in [0.29, 0.717) is 16.3 Å². The van der Waals surface area contributed by atoms with Crippen molar-refractivity contribution in [2.45, 2.75) is 19.5 Å². The molecule has 5 nitrogen and oxygen atoms in total. The van der Waals surface area contributed by atoms with E-state index in [0.717, 1.165) is 11.1 Å². The molecule has 0 saturated carbocycles. The molecule has 1 saturated heterocycles. The summed E-state index contributed by atoms with van der Waals surface area (Å²) >= 11 is 5.93. The molecule has 0 aliphatic carbocycles. The first-order valence-corrected chi connectivity index (χ1v) is 9.47. The molecule has 0 spiro atoms. The van der Waals surface area contributed by atoms with E-state index < -0.39 is 17.7 Å². The zero-order valence-corrected chi connectivity index (χ0v) is 16.4. The first kappa shape index (κ1) is 19.0. The van der Waals surface area contributed by atoms with Crippen LogP contribution in [-0.4, -0.2) is 21.7 Å². The number of aliphatic hydroxyl groups excluding tert-OH is 1. The minimum absolute atomic E-state index is 0.0488. The Morgan fingerprint density at radius 1 is 1.07 bits per heavy atom. The summed E-state index contributed by atoms with van der Waals surface area (Å²) in [6, 6.07) is 16.7. The number of carbonyl (C=O) groups is 2. The Morgan fingerprint density at radius 2 is 1.76 bits per heavy atom. The van der Waals surface area contributed by atoms with Crippen molar-refractivity contribution in [2.24, 2.45) is 0 Å². The number of nitrogens with zero attached hydrogens (tertiary/aromatic N) is 1. The molecule has 1 atom stereocenters. The molecule has 1 aliphatic heterocycles. The fraction of sp³-hybridized carbons (Fsp3) is 0.130. The lowest BCUT2D eigenvalue weighted by Crippen LogP contribution is -2.29. The van der Waals surface area contributed by atoms with Crippen molar-refractivity contribution in [3.8, 4) is 0 Å². The summed E-state index contributed by atoms with van der Waals surface area (Å²) in [6.45, 7) is 2.07. The van der Waals surface area contributed by atoms with Crippen LogP contribution in [0.2, 0.25) is 5.02 Å². The largest absolute Gasteiger partial charge is 0.507 e. The zero-order chi connectivity index (χ0) is 20.5. The van der Waals surface area contributed by atoms with Crippen LogP contribution < -0.4 is 0 Å². The summed E-state index contributed by atoms with van der Waals surface area (Å²) in [6.07, 6.45) is 1.51. The highest BCUT2D eigenvalue weighted by Gasteiger charge is 2.46. The van der Waals surface area contributed by atoms with Crippen LogP contribution in [0.5, 0.6) is 0 Å². The molecule has 29 heavy (non-hydrogen) atoms. The second-order valence-corrected chi connectivity index (χ2v) is 7.36. The first-order valence-electron chi connectivity index (χ1n) is 9.09. The van der Waals surface area contributed by atoms with Gasteiger partial charge in [-0.25, -0.2) is 0 Å². The fourth-order valence-corrected chi connectivity index (χ4v) is 3.60. The van der Waals surface area contributed by atoms with Crippen molar-refractivity contribution in [2.75, 3.05) is 0 Å². The number of benzene rings is 2. The van der Waals surface area contributed by atoms with Gasteiger partial charge >= 0.3 is 0 Å². The van der Waals surface area contributed by atoms with Crippen LogP contribution in [0.25, 0.3) is 5.76 Å². The van der Waals surface area contributed by atoms with Gasteiger partial charge in [-0.2, -0.15) is 0 Å². The fourth-order valence-electron chi connectivity index (χ4n) is 3.47. The number of aryl methyl sites for hydroxylation is 1. The number of ketones is 1. The Labute approximate surface area is 172 Å². The van der Waals surface area contributed by atoms with Crippen molar-refractivity contribution in [3.63, 3.8) is 0 Å². The summed E-state index contributed by atoms with van der Waals surface area (Å²) < 4.78 is 5.38. The van der Waals surface area contributed by atoms with Gasteiger partial charge in [0.2, 0.25) is 0 Å². The van der Waals surface area contributed by atoms with Crippen LogP contribution in [0, 0.1) is 6.92 Å². The predicted octanol–water partition coefficient (Wildman–Crippen LogP) is 4.86. The molecule has 1 aliphatic rings. The quantitative estimate of drug-likeness (QED) is 0.381. The van der Waals surface area contributed by atoms with E-state index in [1.54, 1.807) is 36.4 Å². The van der Waals surface area contributed by atoms with Crippen LogP contribution in [0.3, 0.4) is 0 Å². The van der Waals surface area contributed by atoms with Crippen molar-refractivity contribution >= 4 is 29.1 Å². The third-order valence-electron chi connectivity index (χ3n) is 4.96. The van der Waals surface area contributed by atoms with Gasteiger partial charge in [0.25, 0.3) is 11.7 Å². The maximum Gasteiger partial charge on any atom is 0.296 e. The topological polar surface area (TPSA) is 70.8 Å². The van der Waals surface area contributed by atoms with Crippen LogP contribution in [0.15, 0.2) is 76.9 Å². The van der Waals surface area contributed by atoms with Crippen molar-refractivity contribution in [3.05, 3.63) is 100.0 Å².